The second-order valence-electron chi connectivity index (χ2n) is 2.31. The van der Waals surface area contributed by atoms with Crippen LogP contribution in [0.25, 0.3) is 0 Å². The number of rotatable bonds is 1. The molecule has 40 valence electrons. The molecule has 0 aliphatic rings. The molecule has 0 N–H and O–H groups in total. The van der Waals surface area contributed by atoms with Gasteiger partial charge in [-0.25, -0.2) is 0 Å². The average Bonchev–Trinajstić information content (AvgIpc) is 1.30. The van der Waals surface area contributed by atoms with E-state index in [1.165, 1.54) is 8.95 Å². The predicted octanol–water partition coefficient (Wildman–Crippen LogP) is 2.04. The van der Waals surface area contributed by atoms with Gasteiger partial charge in [0.25, 0.3) is 0 Å². The molecule has 0 fully saturated rings. The van der Waals surface area contributed by atoms with E-state index in [1.807, 2.05) is 0 Å². The molecule has 0 aromatic rings. The van der Waals surface area contributed by atoms with Crippen LogP contribution in [0.2, 0.25) is 14.8 Å². The monoisotopic (exact) mass is 223 g/mol. The molecule has 7 heavy (non-hydrogen) atoms. The summed E-state index contributed by atoms with van der Waals surface area (Å²) in [5.74, 6) is 0. The standard InChI is InChI=1S/CHNS.3CH3.Sn/c2-1-3;;;;/h3H;3*1H3;/q;;;;+1/p-1. The van der Waals surface area contributed by atoms with Gasteiger partial charge in [-0.2, -0.15) is 0 Å². The van der Waals surface area contributed by atoms with Crippen LogP contribution in [0.3, 0.4) is 0 Å². The molecule has 0 saturated carbocycles. The molecule has 0 aliphatic heterocycles. The Kier molecular flexibility index (Phi) is 3.09. The van der Waals surface area contributed by atoms with E-state index in [0.29, 0.717) is 0 Å². The summed E-state index contributed by atoms with van der Waals surface area (Å²) in [6.07, 6.45) is 0. The van der Waals surface area contributed by atoms with E-state index in [2.05, 4.69) is 20.2 Å². The Morgan fingerprint density at radius 1 is 1.43 bits per heavy atom. The van der Waals surface area contributed by atoms with Gasteiger partial charge in [-0.15, -0.1) is 0 Å². The molecule has 0 aromatic carbocycles. The third-order valence-electron chi connectivity index (χ3n) is 0.352. The quantitative estimate of drug-likeness (QED) is 0.500. The van der Waals surface area contributed by atoms with E-state index in [9.17, 15) is 0 Å². The van der Waals surface area contributed by atoms with Gasteiger partial charge in [0.2, 0.25) is 0 Å². The Hall–Kier alpha value is 0.639. The summed E-state index contributed by atoms with van der Waals surface area (Å²) in [6, 6.07) is 0. The van der Waals surface area contributed by atoms with Crippen LogP contribution in [-0.2, 0) is 0 Å². The average molecular weight is 222 g/mol. The third-order valence-corrected chi connectivity index (χ3v) is 7.08. The Labute approximate surface area is 51.4 Å². The van der Waals surface area contributed by atoms with Crippen molar-refractivity contribution in [1.29, 1.82) is 5.26 Å². The molecule has 0 aliphatic carbocycles. The van der Waals surface area contributed by atoms with Gasteiger partial charge in [-0.3, -0.25) is 0 Å². The number of hydrogen-bond donors (Lipinski definition) is 0. The van der Waals surface area contributed by atoms with E-state index in [1.54, 1.807) is 0 Å². The van der Waals surface area contributed by atoms with Crippen molar-refractivity contribution in [1.82, 2.24) is 0 Å². The Bertz CT molecular complexity index is 88.8. The maximum atomic E-state index is 8.17. The first-order valence-corrected chi connectivity index (χ1v) is 15.0. The molecule has 0 atom stereocenters. The van der Waals surface area contributed by atoms with Crippen molar-refractivity contribution in [3.05, 3.63) is 0 Å². The molecule has 0 spiro atoms. The van der Waals surface area contributed by atoms with E-state index >= 15 is 0 Å². The van der Waals surface area contributed by atoms with Crippen molar-refractivity contribution in [2.75, 3.05) is 0 Å². The van der Waals surface area contributed by atoms with Crippen LogP contribution in [0.15, 0.2) is 0 Å². The van der Waals surface area contributed by atoms with Crippen LogP contribution in [0.4, 0.5) is 0 Å². The fourth-order valence-electron chi connectivity index (χ4n) is 0.137. The summed E-state index contributed by atoms with van der Waals surface area (Å²) in [7, 11) is 1.50. The Balaban J connectivity index is 3.40. The zero-order valence-corrected chi connectivity index (χ0v) is 8.53. The van der Waals surface area contributed by atoms with Crippen LogP contribution in [0.5, 0.6) is 0 Å². The molecule has 0 rings (SSSR count). The first kappa shape index (κ1) is 7.64. The summed E-state index contributed by atoms with van der Waals surface area (Å²) in [6.45, 7) is 0. The number of nitrogens with zero attached hydrogens (tertiary/aromatic N) is 1. The fraction of sp³-hybridized carbons (Fsp3) is 0.750. The molecular weight excluding hydrogens is 213 g/mol. The van der Waals surface area contributed by atoms with Gasteiger partial charge in [0.15, 0.2) is 0 Å². The molecular formula is C4H9NSSn. The molecule has 0 radical (unpaired) electrons. The predicted molar refractivity (Wildman–Crippen MR) is 36.6 cm³/mol. The number of nitriles is 1. The minimum atomic E-state index is -1.72. The number of hydrogen-bond acceptors (Lipinski definition) is 2. The van der Waals surface area contributed by atoms with E-state index < -0.39 is 17.0 Å². The summed E-state index contributed by atoms with van der Waals surface area (Å²) < 4.78 is 0. The normalized spacial score (nSPS) is 10.6. The van der Waals surface area contributed by atoms with Crippen molar-refractivity contribution in [3.63, 3.8) is 0 Å². The summed E-state index contributed by atoms with van der Waals surface area (Å²) >= 11 is -1.72. The first-order valence-electron chi connectivity index (χ1n) is 2.13. The minimum absolute atomic E-state index is 1.50. The topological polar surface area (TPSA) is 23.8 Å². The van der Waals surface area contributed by atoms with Gasteiger partial charge in [0.05, 0.1) is 0 Å². The van der Waals surface area contributed by atoms with Crippen molar-refractivity contribution in [3.8, 4) is 5.40 Å². The molecule has 0 bridgehead atoms. The van der Waals surface area contributed by atoms with E-state index in [-0.39, 0.29) is 0 Å². The fourth-order valence-corrected chi connectivity index (χ4v) is 2.76. The molecule has 3 heteroatoms. The summed E-state index contributed by atoms with van der Waals surface area (Å²) in [4.78, 5) is 6.67. The third kappa shape index (κ3) is 6.64. The van der Waals surface area contributed by atoms with E-state index in [4.69, 9.17) is 5.26 Å². The van der Waals surface area contributed by atoms with E-state index in [0.717, 1.165) is 0 Å². The summed E-state index contributed by atoms with van der Waals surface area (Å²) in [5.41, 5.74) is 0. The maximum absolute atomic E-state index is 8.17. The molecule has 1 nitrogen and oxygen atoms in total. The van der Waals surface area contributed by atoms with Crippen LogP contribution in [0, 0.1) is 10.7 Å². The van der Waals surface area contributed by atoms with Crippen molar-refractivity contribution >= 4 is 25.9 Å². The van der Waals surface area contributed by atoms with Gasteiger partial charge in [-0.05, 0) is 0 Å². The molecule has 0 unspecified atom stereocenters. The van der Waals surface area contributed by atoms with Crippen molar-refractivity contribution in [2.45, 2.75) is 14.8 Å². The zero-order valence-electron chi connectivity index (χ0n) is 4.86. The molecule has 0 heterocycles. The molecule has 0 aromatic heterocycles. The van der Waals surface area contributed by atoms with Crippen molar-refractivity contribution < 1.29 is 0 Å². The van der Waals surface area contributed by atoms with Crippen LogP contribution >= 0.6 is 8.95 Å². The number of thiocyanates is 1. The van der Waals surface area contributed by atoms with Crippen LogP contribution in [-0.4, -0.2) is 17.0 Å². The van der Waals surface area contributed by atoms with Gasteiger partial charge in [0, 0.05) is 0 Å². The van der Waals surface area contributed by atoms with Gasteiger partial charge >= 0.3 is 51.4 Å². The SMILES string of the molecule is [CH3][Sn]([CH3])([CH3])[S]C#N. The van der Waals surface area contributed by atoms with Gasteiger partial charge in [-0.1, -0.05) is 0 Å². The first-order chi connectivity index (χ1) is 3.06. The van der Waals surface area contributed by atoms with Gasteiger partial charge < -0.3 is 0 Å². The molecule has 0 amide bonds. The van der Waals surface area contributed by atoms with Gasteiger partial charge in [0.1, 0.15) is 0 Å². The second kappa shape index (κ2) is 2.83. The van der Waals surface area contributed by atoms with Crippen LogP contribution < -0.4 is 0 Å². The second-order valence-corrected chi connectivity index (χ2v) is 24.7. The zero-order chi connectivity index (χ0) is 5.91. The van der Waals surface area contributed by atoms with Crippen molar-refractivity contribution in [2.24, 2.45) is 0 Å². The Morgan fingerprint density at radius 3 is 1.86 bits per heavy atom. The Morgan fingerprint density at radius 2 is 1.86 bits per heavy atom. The molecule has 0 saturated heterocycles. The summed E-state index contributed by atoms with van der Waals surface area (Å²) in [5, 5.41) is 10.3. The van der Waals surface area contributed by atoms with Crippen LogP contribution in [0.1, 0.15) is 0 Å².